The van der Waals surface area contributed by atoms with Crippen LogP contribution in [-0.4, -0.2) is 33.9 Å². The molecule has 1 aliphatic rings. The molecule has 1 aromatic rings. The van der Waals surface area contributed by atoms with Crippen LogP contribution in [-0.2, 0) is 0 Å². The van der Waals surface area contributed by atoms with Gasteiger partial charge in [-0.25, -0.2) is 0 Å². The van der Waals surface area contributed by atoms with Gasteiger partial charge in [-0.05, 0) is 17.7 Å². The molecule has 1 fully saturated rings. The van der Waals surface area contributed by atoms with E-state index in [1.54, 1.807) is 14.2 Å². The summed E-state index contributed by atoms with van der Waals surface area (Å²) in [6, 6.07) is 6.41. The summed E-state index contributed by atoms with van der Waals surface area (Å²) >= 11 is 0. The summed E-state index contributed by atoms with van der Waals surface area (Å²) in [5.41, 5.74) is 1.23. The number of methoxy groups -OCH3 is 2. The van der Waals surface area contributed by atoms with Crippen molar-refractivity contribution in [2.45, 2.75) is 6.04 Å². The Morgan fingerprint density at radius 1 is 1.12 bits per heavy atom. The van der Waals surface area contributed by atoms with Crippen LogP contribution in [0.25, 0.3) is 0 Å². The van der Waals surface area contributed by atoms with Crippen molar-refractivity contribution in [2.75, 3.05) is 33.9 Å². The highest BCUT2D eigenvalue weighted by atomic mass is 16.5. The fraction of sp³-hybridized carbons (Fsp3) is 0.500. The van der Waals surface area contributed by atoms with Crippen molar-refractivity contribution in [1.29, 1.82) is 0 Å². The molecule has 2 rings (SSSR count). The lowest BCUT2D eigenvalue weighted by Gasteiger charge is -2.25. The second kappa shape index (κ2) is 5.18. The summed E-state index contributed by atoms with van der Waals surface area (Å²) in [4.78, 5) is 0. The Labute approximate surface area is 95.9 Å². The highest BCUT2D eigenvalue weighted by molar-refractivity contribution is 5.43. The number of benzene rings is 1. The van der Waals surface area contributed by atoms with Crippen LogP contribution >= 0.6 is 0 Å². The summed E-state index contributed by atoms with van der Waals surface area (Å²) in [6.45, 7) is 2.98. The molecular formula is C12H18N2O2. The first-order valence-corrected chi connectivity index (χ1v) is 5.51. The number of hydrogen-bond donors (Lipinski definition) is 2. The molecule has 4 nitrogen and oxygen atoms in total. The van der Waals surface area contributed by atoms with Crippen LogP contribution in [0.2, 0.25) is 0 Å². The molecule has 0 amide bonds. The Hall–Kier alpha value is -1.26. The van der Waals surface area contributed by atoms with E-state index in [0.29, 0.717) is 6.04 Å². The average Bonchev–Trinajstić information content (AvgIpc) is 2.39. The lowest BCUT2D eigenvalue weighted by atomic mass is 10.0. The van der Waals surface area contributed by atoms with E-state index < -0.39 is 0 Å². The van der Waals surface area contributed by atoms with Gasteiger partial charge in [0.05, 0.1) is 14.2 Å². The van der Waals surface area contributed by atoms with E-state index in [1.807, 2.05) is 12.1 Å². The van der Waals surface area contributed by atoms with E-state index in [2.05, 4.69) is 16.7 Å². The van der Waals surface area contributed by atoms with Gasteiger partial charge in [0.15, 0.2) is 11.5 Å². The molecule has 1 heterocycles. The standard InChI is InChI=1S/C12H18N2O2/c1-15-11-4-3-9(7-12(11)16-2)10-8-13-5-6-14-10/h3-4,7,10,13-14H,5-6,8H2,1-2H3. The second-order valence-corrected chi connectivity index (χ2v) is 3.83. The summed E-state index contributed by atoms with van der Waals surface area (Å²) in [5, 5.41) is 6.83. The molecule has 16 heavy (non-hydrogen) atoms. The second-order valence-electron chi connectivity index (χ2n) is 3.83. The normalized spacial score (nSPS) is 20.5. The molecule has 88 valence electrons. The van der Waals surface area contributed by atoms with Crippen molar-refractivity contribution in [3.8, 4) is 11.5 Å². The van der Waals surface area contributed by atoms with Gasteiger partial charge in [0.2, 0.25) is 0 Å². The molecule has 0 aliphatic carbocycles. The largest absolute Gasteiger partial charge is 0.493 e. The van der Waals surface area contributed by atoms with Crippen molar-refractivity contribution in [1.82, 2.24) is 10.6 Å². The molecule has 0 aromatic heterocycles. The van der Waals surface area contributed by atoms with E-state index in [1.165, 1.54) is 5.56 Å². The Kier molecular flexibility index (Phi) is 3.64. The van der Waals surface area contributed by atoms with Crippen molar-refractivity contribution < 1.29 is 9.47 Å². The maximum Gasteiger partial charge on any atom is 0.161 e. The number of nitrogens with one attached hydrogen (secondary N) is 2. The number of rotatable bonds is 3. The molecule has 0 saturated carbocycles. The zero-order valence-electron chi connectivity index (χ0n) is 9.75. The van der Waals surface area contributed by atoms with Gasteiger partial charge < -0.3 is 20.1 Å². The first-order chi connectivity index (χ1) is 7.85. The Bertz CT molecular complexity index is 349. The summed E-state index contributed by atoms with van der Waals surface area (Å²) in [7, 11) is 3.31. The number of hydrogen-bond acceptors (Lipinski definition) is 4. The third-order valence-electron chi connectivity index (χ3n) is 2.85. The van der Waals surface area contributed by atoms with Crippen LogP contribution in [0.3, 0.4) is 0 Å². The quantitative estimate of drug-likeness (QED) is 0.798. The van der Waals surface area contributed by atoms with Gasteiger partial charge in [0.1, 0.15) is 0 Å². The van der Waals surface area contributed by atoms with E-state index in [9.17, 15) is 0 Å². The maximum absolute atomic E-state index is 5.29. The minimum atomic E-state index is 0.355. The number of piperazine rings is 1. The first kappa shape index (κ1) is 11.2. The summed E-state index contributed by atoms with van der Waals surface area (Å²) in [6.07, 6.45) is 0. The number of ether oxygens (including phenoxy) is 2. The molecule has 1 unspecified atom stereocenters. The van der Waals surface area contributed by atoms with Crippen LogP contribution in [0, 0.1) is 0 Å². The van der Waals surface area contributed by atoms with E-state index >= 15 is 0 Å². The molecule has 0 spiro atoms. The zero-order chi connectivity index (χ0) is 11.4. The monoisotopic (exact) mass is 222 g/mol. The van der Waals surface area contributed by atoms with Gasteiger partial charge in [0.25, 0.3) is 0 Å². The molecule has 1 aromatic carbocycles. The van der Waals surface area contributed by atoms with Crippen LogP contribution in [0.1, 0.15) is 11.6 Å². The smallest absolute Gasteiger partial charge is 0.161 e. The molecule has 4 heteroatoms. The Morgan fingerprint density at radius 3 is 2.56 bits per heavy atom. The molecule has 0 radical (unpaired) electrons. The third-order valence-corrected chi connectivity index (χ3v) is 2.85. The van der Waals surface area contributed by atoms with E-state index in [0.717, 1.165) is 31.1 Å². The third kappa shape index (κ3) is 2.28. The topological polar surface area (TPSA) is 42.5 Å². The molecule has 1 aliphatic heterocycles. The minimum absolute atomic E-state index is 0.355. The highest BCUT2D eigenvalue weighted by Crippen LogP contribution is 2.29. The Morgan fingerprint density at radius 2 is 1.94 bits per heavy atom. The SMILES string of the molecule is COc1ccc(C2CNCCN2)cc1OC. The summed E-state index contributed by atoms with van der Waals surface area (Å²) < 4.78 is 10.5. The average molecular weight is 222 g/mol. The van der Waals surface area contributed by atoms with E-state index in [-0.39, 0.29) is 0 Å². The lowest BCUT2D eigenvalue weighted by molar-refractivity contribution is 0.353. The van der Waals surface area contributed by atoms with Crippen molar-refractivity contribution in [3.63, 3.8) is 0 Å². The van der Waals surface area contributed by atoms with Gasteiger partial charge >= 0.3 is 0 Å². The molecule has 2 N–H and O–H groups in total. The zero-order valence-corrected chi connectivity index (χ0v) is 9.75. The molecule has 1 saturated heterocycles. The van der Waals surface area contributed by atoms with Crippen LogP contribution in [0.15, 0.2) is 18.2 Å². The first-order valence-electron chi connectivity index (χ1n) is 5.51. The Balaban J connectivity index is 2.20. The molecule has 1 atom stereocenters. The van der Waals surface area contributed by atoms with Crippen LogP contribution in [0.4, 0.5) is 0 Å². The van der Waals surface area contributed by atoms with Crippen molar-refractivity contribution in [2.24, 2.45) is 0 Å². The highest BCUT2D eigenvalue weighted by Gasteiger charge is 2.15. The van der Waals surface area contributed by atoms with Crippen molar-refractivity contribution >= 4 is 0 Å². The van der Waals surface area contributed by atoms with Gasteiger partial charge in [-0.1, -0.05) is 6.07 Å². The van der Waals surface area contributed by atoms with Crippen molar-refractivity contribution in [3.05, 3.63) is 23.8 Å². The predicted molar refractivity (Wildman–Crippen MR) is 63.2 cm³/mol. The van der Waals surface area contributed by atoms with Crippen LogP contribution in [0.5, 0.6) is 11.5 Å². The minimum Gasteiger partial charge on any atom is -0.493 e. The summed E-state index contributed by atoms with van der Waals surface area (Å²) in [5.74, 6) is 1.56. The van der Waals surface area contributed by atoms with Crippen LogP contribution < -0.4 is 20.1 Å². The van der Waals surface area contributed by atoms with Gasteiger partial charge in [0, 0.05) is 25.7 Å². The fourth-order valence-electron chi connectivity index (χ4n) is 1.96. The van der Waals surface area contributed by atoms with Gasteiger partial charge in [-0.2, -0.15) is 0 Å². The predicted octanol–water partition coefficient (Wildman–Crippen LogP) is 0.938. The van der Waals surface area contributed by atoms with Gasteiger partial charge in [-0.15, -0.1) is 0 Å². The van der Waals surface area contributed by atoms with E-state index in [4.69, 9.17) is 9.47 Å². The van der Waals surface area contributed by atoms with Gasteiger partial charge in [-0.3, -0.25) is 0 Å². The maximum atomic E-state index is 5.29. The molecular weight excluding hydrogens is 204 g/mol. The molecule has 0 bridgehead atoms. The fourth-order valence-corrected chi connectivity index (χ4v) is 1.96. The lowest BCUT2D eigenvalue weighted by Crippen LogP contribution is -2.42.